The Morgan fingerprint density at radius 3 is 2.71 bits per heavy atom. The molecule has 80 valence electrons. The molecule has 1 aromatic heterocycles. The van der Waals surface area contributed by atoms with Crippen LogP contribution in [0.1, 0.15) is 25.7 Å². The SMILES string of the molecule is CCNc1nnc([C@@H](N)CO)n1CC. The number of hydrogen-bond donors (Lipinski definition) is 3. The van der Waals surface area contributed by atoms with Crippen LogP contribution in [0.3, 0.4) is 0 Å². The largest absolute Gasteiger partial charge is 0.394 e. The second-order valence-electron chi connectivity index (χ2n) is 2.95. The minimum absolute atomic E-state index is 0.121. The predicted molar refractivity (Wildman–Crippen MR) is 53.9 cm³/mol. The third kappa shape index (κ3) is 2.02. The highest BCUT2D eigenvalue weighted by atomic mass is 16.3. The molecule has 0 aromatic carbocycles. The molecule has 0 saturated heterocycles. The van der Waals surface area contributed by atoms with Crippen molar-refractivity contribution in [2.45, 2.75) is 26.4 Å². The molecule has 0 fully saturated rings. The summed E-state index contributed by atoms with van der Waals surface area (Å²) in [5, 5.41) is 19.9. The highest BCUT2D eigenvalue weighted by molar-refractivity contribution is 5.26. The molecule has 0 unspecified atom stereocenters. The maximum Gasteiger partial charge on any atom is 0.224 e. The summed E-state index contributed by atoms with van der Waals surface area (Å²) in [5.74, 6) is 1.32. The molecule has 14 heavy (non-hydrogen) atoms. The molecule has 0 radical (unpaired) electrons. The van der Waals surface area contributed by atoms with Gasteiger partial charge >= 0.3 is 0 Å². The quantitative estimate of drug-likeness (QED) is 0.607. The minimum atomic E-state index is -0.463. The van der Waals surface area contributed by atoms with Gasteiger partial charge < -0.3 is 16.2 Å². The second kappa shape index (κ2) is 4.92. The van der Waals surface area contributed by atoms with Crippen LogP contribution in [0, 0.1) is 0 Å². The Balaban J connectivity index is 2.94. The molecule has 1 atom stereocenters. The molecule has 0 aliphatic rings. The van der Waals surface area contributed by atoms with E-state index in [1.807, 2.05) is 18.4 Å². The fraction of sp³-hybridized carbons (Fsp3) is 0.750. The molecule has 0 saturated carbocycles. The Hall–Kier alpha value is -1.14. The Labute approximate surface area is 83.1 Å². The van der Waals surface area contributed by atoms with Crippen molar-refractivity contribution in [1.82, 2.24) is 14.8 Å². The molecular formula is C8H17N5O. The van der Waals surface area contributed by atoms with E-state index < -0.39 is 6.04 Å². The third-order valence-corrected chi connectivity index (χ3v) is 1.96. The lowest BCUT2D eigenvalue weighted by molar-refractivity contribution is 0.260. The Morgan fingerprint density at radius 1 is 1.50 bits per heavy atom. The van der Waals surface area contributed by atoms with Crippen LogP contribution >= 0.6 is 0 Å². The molecular weight excluding hydrogens is 182 g/mol. The number of anilines is 1. The van der Waals surface area contributed by atoms with Gasteiger partial charge in [0, 0.05) is 13.1 Å². The van der Waals surface area contributed by atoms with Crippen LogP contribution in [0.5, 0.6) is 0 Å². The van der Waals surface area contributed by atoms with Crippen molar-refractivity contribution in [2.75, 3.05) is 18.5 Å². The topological polar surface area (TPSA) is 89.0 Å². The molecule has 1 heterocycles. The molecule has 0 aliphatic heterocycles. The van der Waals surface area contributed by atoms with Crippen LogP contribution < -0.4 is 11.1 Å². The number of nitrogens with one attached hydrogen (secondary N) is 1. The van der Waals surface area contributed by atoms with Gasteiger partial charge in [0.15, 0.2) is 5.82 Å². The van der Waals surface area contributed by atoms with E-state index in [1.165, 1.54) is 0 Å². The number of rotatable bonds is 5. The van der Waals surface area contributed by atoms with Gasteiger partial charge in [0.2, 0.25) is 5.95 Å². The number of nitrogens with zero attached hydrogens (tertiary/aromatic N) is 3. The maximum atomic E-state index is 8.92. The summed E-state index contributed by atoms with van der Waals surface area (Å²) in [6.45, 7) is 5.37. The highest BCUT2D eigenvalue weighted by Gasteiger charge is 2.15. The standard InChI is InChI=1S/C8H17N5O/c1-3-10-8-12-11-7(6(9)5-14)13(8)4-2/h6,14H,3-5,9H2,1-2H3,(H,10,12)/t6-/m0/s1. The fourth-order valence-electron chi connectivity index (χ4n) is 1.27. The molecule has 0 aliphatic carbocycles. The van der Waals surface area contributed by atoms with Gasteiger partial charge in [0.25, 0.3) is 0 Å². The number of aliphatic hydroxyl groups excluding tert-OH is 1. The first kappa shape index (κ1) is 10.9. The maximum absolute atomic E-state index is 8.92. The number of aromatic nitrogens is 3. The summed E-state index contributed by atoms with van der Waals surface area (Å²) in [7, 11) is 0. The van der Waals surface area contributed by atoms with E-state index in [1.54, 1.807) is 0 Å². The van der Waals surface area contributed by atoms with Crippen LogP contribution in [0.2, 0.25) is 0 Å². The molecule has 0 bridgehead atoms. The van der Waals surface area contributed by atoms with Crippen molar-refractivity contribution in [3.05, 3.63) is 5.82 Å². The van der Waals surface area contributed by atoms with Crippen LogP contribution in [-0.4, -0.2) is 33.0 Å². The van der Waals surface area contributed by atoms with Crippen LogP contribution in [0.15, 0.2) is 0 Å². The summed E-state index contributed by atoms with van der Waals surface area (Å²) in [6, 6.07) is -0.463. The van der Waals surface area contributed by atoms with Crippen molar-refractivity contribution >= 4 is 5.95 Å². The lowest BCUT2D eigenvalue weighted by Crippen LogP contribution is -2.20. The summed E-state index contributed by atoms with van der Waals surface area (Å²) < 4.78 is 1.87. The van der Waals surface area contributed by atoms with E-state index in [4.69, 9.17) is 10.8 Å². The Kier molecular flexibility index (Phi) is 3.84. The smallest absolute Gasteiger partial charge is 0.224 e. The average molecular weight is 199 g/mol. The Morgan fingerprint density at radius 2 is 2.21 bits per heavy atom. The van der Waals surface area contributed by atoms with Crippen LogP contribution in [0.4, 0.5) is 5.95 Å². The first-order valence-corrected chi connectivity index (χ1v) is 4.77. The van der Waals surface area contributed by atoms with Gasteiger partial charge in [-0.3, -0.25) is 4.57 Å². The summed E-state index contributed by atoms with van der Waals surface area (Å²) in [4.78, 5) is 0. The monoisotopic (exact) mass is 199 g/mol. The number of hydrogen-bond acceptors (Lipinski definition) is 5. The summed E-state index contributed by atoms with van der Waals surface area (Å²) in [6.07, 6.45) is 0. The van der Waals surface area contributed by atoms with Crippen molar-refractivity contribution in [3.8, 4) is 0 Å². The second-order valence-corrected chi connectivity index (χ2v) is 2.95. The zero-order valence-electron chi connectivity index (χ0n) is 8.56. The van der Waals surface area contributed by atoms with E-state index in [-0.39, 0.29) is 6.61 Å². The van der Waals surface area contributed by atoms with Crippen molar-refractivity contribution in [3.63, 3.8) is 0 Å². The lowest BCUT2D eigenvalue weighted by atomic mass is 10.3. The van der Waals surface area contributed by atoms with Gasteiger partial charge in [-0.05, 0) is 13.8 Å². The summed E-state index contributed by atoms with van der Waals surface area (Å²) in [5.41, 5.74) is 5.68. The number of aliphatic hydroxyl groups is 1. The minimum Gasteiger partial charge on any atom is -0.394 e. The first-order valence-electron chi connectivity index (χ1n) is 4.77. The fourth-order valence-corrected chi connectivity index (χ4v) is 1.27. The third-order valence-electron chi connectivity index (χ3n) is 1.96. The molecule has 0 spiro atoms. The van der Waals surface area contributed by atoms with Crippen LogP contribution in [-0.2, 0) is 6.54 Å². The zero-order valence-corrected chi connectivity index (χ0v) is 8.56. The van der Waals surface area contributed by atoms with E-state index in [0.717, 1.165) is 13.1 Å². The molecule has 1 aromatic rings. The molecule has 6 nitrogen and oxygen atoms in total. The van der Waals surface area contributed by atoms with Gasteiger partial charge in [0.05, 0.1) is 12.6 Å². The summed E-state index contributed by atoms with van der Waals surface area (Å²) >= 11 is 0. The van der Waals surface area contributed by atoms with Gasteiger partial charge in [-0.1, -0.05) is 0 Å². The van der Waals surface area contributed by atoms with E-state index in [0.29, 0.717) is 11.8 Å². The van der Waals surface area contributed by atoms with Crippen LogP contribution in [0.25, 0.3) is 0 Å². The average Bonchev–Trinajstić information content (AvgIpc) is 2.60. The lowest BCUT2D eigenvalue weighted by Gasteiger charge is -2.11. The molecule has 1 rings (SSSR count). The highest BCUT2D eigenvalue weighted by Crippen LogP contribution is 2.12. The molecule has 0 amide bonds. The predicted octanol–water partition coefficient (Wildman–Crippen LogP) is -0.278. The normalized spacial score (nSPS) is 12.9. The van der Waals surface area contributed by atoms with E-state index in [2.05, 4.69) is 15.5 Å². The van der Waals surface area contributed by atoms with Gasteiger partial charge in [-0.25, -0.2) is 0 Å². The number of nitrogens with two attached hydrogens (primary N) is 1. The van der Waals surface area contributed by atoms with Crippen molar-refractivity contribution < 1.29 is 5.11 Å². The van der Waals surface area contributed by atoms with Crippen molar-refractivity contribution in [2.24, 2.45) is 5.73 Å². The van der Waals surface area contributed by atoms with E-state index >= 15 is 0 Å². The molecule has 6 heteroatoms. The van der Waals surface area contributed by atoms with Crippen molar-refractivity contribution in [1.29, 1.82) is 0 Å². The Bertz CT molecular complexity index is 285. The zero-order chi connectivity index (χ0) is 10.6. The van der Waals surface area contributed by atoms with Gasteiger partial charge in [-0.2, -0.15) is 0 Å². The van der Waals surface area contributed by atoms with Gasteiger partial charge in [-0.15, -0.1) is 10.2 Å². The van der Waals surface area contributed by atoms with E-state index in [9.17, 15) is 0 Å². The molecule has 4 N–H and O–H groups in total. The van der Waals surface area contributed by atoms with Gasteiger partial charge in [0.1, 0.15) is 0 Å². The first-order chi connectivity index (χ1) is 6.74.